The van der Waals surface area contributed by atoms with Crippen LogP contribution in [-0.2, 0) is 4.79 Å². The number of methoxy groups -OCH3 is 1. The minimum absolute atomic E-state index is 0.131. The van der Waals surface area contributed by atoms with Crippen LogP contribution in [0.15, 0.2) is 18.2 Å². The van der Waals surface area contributed by atoms with E-state index in [4.69, 9.17) is 9.84 Å². The number of ether oxygens (including phenoxy) is 1. The molecule has 1 rings (SSSR count). The molecule has 1 atom stereocenters. The fraction of sp³-hybridized carbons (Fsp3) is 0.417. The molecule has 5 heteroatoms. The van der Waals surface area contributed by atoms with Crippen LogP contribution in [0.5, 0.6) is 5.75 Å². The highest BCUT2D eigenvalue weighted by Gasteiger charge is 2.07. The molecular formula is C12H16FNO3. The number of rotatable bonds is 5. The van der Waals surface area contributed by atoms with Crippen molar-refractivity contribution in [2.75, 3.05) is 12.4 Å². The van der Waals surface area contributed by atoms with Crippen LogP contribution in [-0.4, -0.2) is 24.2 Å². The lowest BCUT2D eigenvalue weighted by atomic mass is 10.2. The van der Waals surface area contributed by atoms with E-state index in [9.17, 15) is 9.18 Å². The van der Waals surface area contributed by atoms with Gasteiger partial charge < -0.3 is 15.2 Å². The fourth-order valence-electron chi connectivity index (χ4n) is 1.31. The molecule has 0 aliphatic carbocycles. The first-order valence-electron chi connectivity index (χ1n) is 5.34. The third-order valence-electron chi connectivity index (χ3n) is 2.22. The molecule has 0 spiro atoms. The lowest BCUT2D eigenvalue weighted by Crippen LogP contribution is -2.14. The molecule has 0 bridgehead atoms. The first-order valence-corrected chi connectivity index (χ1v) is 5.34. The molecule has 2 N–H and O–H groups in total. The maximum atomic E-state index is 13.3. The number of nitrogens with one attached hydrogen (secondary N) is 1. The van der Waals surface area contributed by atoms with E-state index in [-0.39, 0.29) is 18.1 Å². The number of hydrogen-bond acceptors (Lipinski definition) is 3. The van der Waals surface area contributed by atoms with Gasteiger partial charge in [-0.1, -0.05) is 0 Å². The Morgan fingerprint density at radius 3 is 2.82 bits per heavy atom. The van der Waals surface area contributed by atoms with Crippen molar-refractivity contribution in [3.8, 4) is 5.75 Å². The van der Waals surface area contributed by atoms with Crippen molar-refractivity contribution in [2.45, 2.75) is 25.9 Å². The van der Waals surface area contributed by atoms with Gasteiger partial charge in [-0.05, 0) is 25.5 Å². The van der Waals surface area contributed by atoms with Gasteiger partial charge >= 0.3 is 0 Å². The average molecular weight is 241 g/mol. The van der Waals surface area contributed by atoms with E-state index in [0.717, 1.165) is 0 Å². The average Bonchev–Trinajstić information content (AvgIpc) is 2.26. The molecular weight excluding hydrogens is 225 g/mol. The summed E-state index contributed by atoms with van der Waals surface area (Å²) in [6.07, 6.45) is 0.0591. The van der Waals surface area contributed by atoms with Crippen LogP contribution in [0.25, 0.3) is 0 Å². The van der Waals surface area contributed by atoms with Gasteiger partial charge in [0.1, 0.15) is 0 Å². The van der Waals surface area contributed by atoms with Gasteiger partial charge in [-0.25, -0.2) is 4.39 Å². The molecule has 0 saturated heterocycles. The lowest BCUT2D eigenvalue weighted by Gasteiger charge is -2.08. The number of benzene rings is 1. The molecule has 17 heavy (non-hydrogen) atoms. The summed E-state index contributed by atoms with van der Waals surface area (Å²) in [5.74, 6) is -0.650. The summed E-state index contributed by atoms with van der Waals surface area (Å²) in [4.78, 5) is 11.4. The Labute approximate surface area is 99.4 Å². The van der Waals surface area contributed by atoms with Crippen molar-refractivity contribution in [1.82, 2.24) is 0 Å². The number of hydrogen-bond donors (Lipinski definition) is 2. The summed E-state index contributed by atoms with van der Waals surface area (Å²) < 4.78 is 18.1. The SMILES string of the molecule is COc1ccc(NC(=O)CCC(C)O)cc1F. The Hall–Kier alpha value is -1.62. The Bertz CT molecular complexity index is 393. The third-order valence-corrected chi connectivity index (χ3v) is 2.22. The highest BCUT2D eigenvalue weighted by Crippen LogP contribution is 2.20. The van der Waals surface area contributed by atoms with Gasteiger partial charge in [-0.15, -0.1) is 0 Å². The minimum Gasteiger partial charge on any atom is -0.494 e. The molecule has 94 valence electrons. The summed E-state index contributed by atoms with van der Waals surface area (Å²) in [6, 6.07) is 4.20. The first kappa shape index (κ1) is 13.4. The van der Waals surface area contributed by atoms with Gasteiger partial charge in [0.2, 0.25) is 5.91 Å². The van der Waals surface area contributed by atoms with Crippen LogP contribution >= 0.6 is 0 Å². The lowest BCUT2D eigenvalue weighted by molar-refractivity contribution is -0.116. The van der Waals surface area contributed by atoms with Gasteiger partial charge in [-0.2, -0.15) is 0 Å². The van der Waals surface area contributed by atoms with Gasteiger partial charge in [0.05, 0.1) is 13.2 Å². The van der Waals surface area contributed by atoms with Gasteiger partial charge in [0.25, 0.3) is 0 Å². The molecule has 1 aromatic carbocycles. The normalized spacial score (nSPS) is 12.0. The molecule has 0 heterocycles. The zero-order chi connectivity index (χ0) is 12.8. The van der Waals surface area contributed by atoms with E-state index in [1.807, 2.05) is 0 Å². The van der Waals surface area contributed by atoms with E-state index < -0.39 is 11.9 Å². The molecule has 0 fully saturated rings. The van der Waals surface area contributed by atoms with Crippen LogP contribution < -0.4 is 10.1 Å². The van der Waals surface area contributed by atoms with Crippen molar-refractivity contribution >= 4 is 11.6 Å². The van der Waals surface area contributed by atoms with Crippen LogP contribution in [0.2, 0.25) is 0 Å². The molecule has 0 aromatic heterocycles. The molecule has 0 radical (unpaired) electrons. The molecule has 1 unspecified atom stereocenters. The van der Waals surface area contributed by atoms with Crippen molar-refractivity contribution in [2.24, 2.45) is 0 Å². The van der Waals surface area contributed by atoms with Gasteiger partial charge in [-0.3, -0.25) is 4.79 Å². The number of anilines is 1. The molecule has 0 saturated carbocycles. The Morgan fingerprint density at radius 1 is 1.59 bits per heavy atom. The zero-order valence-electron chi connectivity index (χ0n) is 9.87. The second kappa shape index (κ2) is 6.20. The number of carbonyl (C=O) groups is 1. The van der Waals surface area contributed by atoms with Crippen LogP contribution in [0.4, 0.5) is 10.1 Å². The largest absolute Gasteiger partial charge is 0.494 e. The fourth-order valence-corrected chi connectivity index (χ4v) is 1.31. The first-order chi connectivity index (χ1) is 8.02. The van der Waals surface area contributed by atoms with E-state index in [0.29, 0.717) is 12.1 Å². The number of aliphatic hydroxyl groups is 1. The predicted octanol–water partition coefficient (Wildman–Crippen LogP) is 1.93. The van der Waals surface area contributed by atoms with E-state index in [1.165, 1.54) is 19.2 Å². The Balaban J connectivity index is 2.57. The number of aliphatic hydroxyl groups excluding tert-OH is 1. The van der Waals surface area contributed by atoms with E-state index >= 15 is 0 Å². The molecule has 0 aliphatic rings. The van der Waals surface area contributed by atoms with Crippen molar-refractivity contribution in [1.29, 1.82) is 0 Å². The highest BCUT2D eigenvalue weighted by atomic mass is 19.1. The van der Waals surface area contributed by atoms with Crippen LogP contribution in [0.1, 0.15) is 19.8 Å². The standard InChI is InChI=1S/C12H16FNO3/c1-8(15)3-6-12(16)14-9-4-5-11(17-2)10(13)7-9/h4-5,7-8,15H,3,6H2,1-2H3,(H,14,16). The predicted molar refractivity (Wildman–Crippen MR) is 62.5 cm³/mol. The summed E-state index contributed by atoms with van der Waals surface area (Å²) in [5.41, 5.74) is 0.374. The molecule has 4 nitrogen and oxygen atoms in total. The summed E-state index contributed by atoms with van der Waals surface area (Å²) >= 11 is 0. The van der Waals surface area contributed by atoms with Gasteiger partial charge in [0.15, 0.2) is 11.6 Å². The van der Waals surface area contributed by atoms with Crippen LogP contribution in [0, 0.1) is 5.82 Å². The summed E-state index contributed by atoms with van der Waals surface area (Å²) in [6.45, 7) is 1.61. The zero-order valence-corrected chi connectivity index (χ0v) is 9.87. The summed E-state index contributed by atoms with van der Waals surface area (Å²) in [7, 11) is 1.37. The number of amides is 1. The van der Waals surface area contributed by atoms with Crippen molar-refractivity contribution in [3.05, 3.63) is 24.0 Å². The van der Waals surface area contributed by atoms with E-state index in [2.05, 4.69) is 5.32 Å². The summed E-state index contributed by atoms with van der Waals surface area (Å²) in [5, 5.41) is 11.6. The topological polar surface area (TPSA) is 58.6 Å². The third kappa shape index (κ3) is 4.40. The van der Waals surface area contributed by atoms with Crippen molar-refractivity contribution in [3.63, 3.8) is 0 Å². The minimum atomic E-state index is -0.527. The monoisotopic (exact) mass is 241 g/mol. The van der Waals surface area contributed by atoms with E-state index in [1.54, 1.807) is 13.0 Å². The second-order valence-electron chi connectivity index (χ2n) is 3.79. The molecule has 0 aliphatic heterocycles. The molecule has 1 amide bonds. The number of carbonyl (C=O) groups excluding carboxylic acids is 1. The Morgan fingerprint density at radius 2 is 2.29 bits per heavy atom. The van der Waals surface area contributed by atoms with Crippen molar-refractivity contribution < 1.29 is 19.0 Å². The van der Waals surface area contributed by atoms with Crippen LogP contribution in [0.3, 0.4) is 0 Å². The Kier molecular flexibility index (Phi) is 4.90. The highest BCUT2D eigenvalue weighted by molar-refractivity contribution is 5.90. The van der Waals surface area contributed by atoms with Gasteiger partial charge in [0, 0.05) is 18.2 Å². The maximum Gasteiger partial charge on any atom is 0.224 e. The number of halogens is 1. The smallest absolute Gasteiger partial charge is 0.224 e. The quantitative estimate of drug-likeness (QED) is 0.828. The molecule has 1 aromatic rings. The maximum absolute atomic E-state index is 13.3. The second-order valence-corrected chi connectivity index (χ2v) is 3.79.